The van der Waals surface area contributed by atoms with Gasteiger partial charge >= 0.3 is 17.6 Å². The summed E-state index contributed by atoms with van der Waals surface area (Å²) in [5, 5.41) is 11.2. The van der Waals surface area contributed by atoms with E-state index in [9.17, 15) is 19.7 Å². The predicted octanol–water partition coefficient (Wildman–Crippen LogP) is 2.70. The zero-order valence-corrected chi connectivity index (χ0v) is 15.0. The van der Waals surface area contributed by atoms with Crippen molar-refractivity contribution in [1.29, 1.82) is 0 Å². The zero-order valence-electron chi connectivity index (χ0n) is 14.2. The van der Waals surface area contributed by atoms with Crippen LogP contribution in [0.25, 0.3) is 0 Å². The van der Waals surface area contributed by atoms with Gasteiger partial charge in [0.25, 0.3) is 0 Å². The van der Waals surface area contributed by atoms with Gasteiger partial charge in [0.1, 0.15) is 22.0 Å². The number of thiophene rings is 1. The van der Waals surface area contributed by atoms with Gasteiger partial charge in [-0.25, -0.2) is 9.59 Å². The molecule has 0 atom stereocenters. The summed E-state index contributed by atoms with van der Waals surface area (Å²) in [6.07, 6.45) is 0. The molecule has 2 rings (SSSR count). The molecule has 2 N–H and O–H groups in total. The lowest BCUT2D eigenvalue weighted by atomic mass is 10.1. The van der Waals surface area contributed by atoms with Gasteiger partial charge < -0.3 is 19.9 Å². The second-order valence-corrected chi connectivity index (χ2v) is 6.20. The maximum atomic E-state index is 12.0. The van der Waals surface area contributed by atoms with Crippen LogP contribution < -0.4 is 10.5 Å². The van der Waals surface area contributed by atoms with Crippen LogP contribution in [0, 0.1) is 17.0 Å². The number of hydrogen-bond donors (Lipinski definition) is 1. The smallest absolute Gasteiger partial charge is 0.348 e. The maximum Gasteiger partial charge on any atom is 0.348 e. The third kappa shape index (κ3) is 3.75. The topological polar surface area (TPSA) is 131 Å². The van der Waals surface area contributed by atoms with Crippen LogP contribution in [0.4, 0.5) is 10.7 Å². The third-order valence-electron chi connectivity index (χ3n) is 3.48. The van der Waals surface area contributed by atoms with E-state index >= 15 is 0 Å². The first-order valence-corrected chi connectivity index (χ1v) is 8.07. The highest BCUT2D eigenvalue weighted by atomic mass is 32.1. The quantitative estimate of drug-likeness (QED) is 0.460. The molecule has 9 nitrogen and oxygen atoms in total. The summed E-state index contributed by atoms with van der Waals surface area (Å²) in [6, 6.07) is 4.38. The van der Waals surface area contributed by atoms with Crippen LogP contribution >= 0.6 is 11.3 Å². The number of carbonyl (C=O) groups is 2. The van der Waals surface area contributed by atoms with E-state index in [-0.39, 0.29) is 39.0 Å². The third-order valence-corrected chi connectivity index (χ3v) is 4.52. The predicted molar refractivity (Wildman–Crippen MR) is 93.6 cm³/mol. The van der Waals surface area contributed by atoms with Crippen molar-refractivity contribution in [3.05, 3.63) is 49.9 Å². The Morgan fingerprint density at radius 1 is 1.23 bits per heavy atom. The van der Waals surface area contributed by atoms with Gasteiger partial charge in [0.05, 0.1) is 19.1 Å². The molecule has 0 bridgehead atoms. The summed E-state index contributed by atoms with van der Waals surface area (Å²) in [7, 11) is 2.36. The van der Waals surface area contributed by atoms with E-state index in [1.165, 1.54) is 26.4 Å². The number of nitrogens with zero attached hydrogens (tertiary/aromatic N) is 1. The van der Waals surface area contributed by atoms with E-state index in [2.05, 4.69) is 4.74 Å². The molecule has 0 aliphatic carbocycles. The van der Waals surface area contributed by atoms with E-state index in [1.807, 2.05) is 0 Å². The molecule has 0 saturated heterocycles. The molecule has 0 saturated carbocycles. The molecular formula is C16H16N2O7S. The van der Waals surface area contributed by atoms with Gasteiger partial charge in [-0.3, -0.25) is 10.1 Å². The number of nitrogen functional groups attached to an aromatic ring is 1. The van der Waals surface area contributed by atoms with Crippen LogP contribution in [0.2, 0.25) is 0 Å². The van der Waals surface area contributed by atoms with E-state index in [4.69, 9.17) is 15.2 Å². The second kappa shape index (κ2) is 7.83. The maximum absolute atomic E-state index is 12.0. The highest BCUT2D eigenvalue weighted by Gasteiger charge is 2.28. The number of hydrogen-bond acceptors (Lipinski definition) is 9. The number of nitro groups is 1. The number of methoxy groups -OCH3 is 2. The van der Waals surface area contributed by atoms with Gasteiger partial charge in [0.15, 0.2) is 5.75 Å². The number of carbonyl (C=O) groups excluding carboxylic acids is 2. The van der Waals surface area contributed by atoms with Gasteiger partial charge in [-0.05, 0) is 18.6 Å². The molecular weight excluding hydrogens is 364 g/mol. The van der Waals surface area contributed by atoms with Gasteiger partial charge in [0, 0.05) is 11.6 Å². The van der Waals surface area contributed by atoms with Crippen LogP contribution in [-0.4, -0.2) is 31.1 Å². The van der Waals surface area contributed by atoms with E-state index in [1.54, 1.807) is 13.0 Å². The number of rotatable bonds is 6. The van der Waals surface area contributed by atoms with Crippen molar-refractivity contribution in [2.45, 2.75) is 13.5 Å². The number of benzene rings is 1. The van der Waals surface area contributed by atoms with Crippen molar-refractivity contribution in [1.82, 2.24) is 0 Å². The first-order valence-electron chi connectivity index (χ1n) is 7.25. The van der Waals surface area contributed by atoms with Crippen molar-refractivity contribution in [2.24, 2.45) is 0 Å². The average molecular weight is 380 g/mol. The molecule has 0 aliphatic heterocycles. The molecule has 0 amide bonds. The Hall–Kier alpha value is -3.14. The Bertz CT molecular complexity index is 876. The van der Waals surface area contributed by atoms with Crippen molar-refractivity contribution in [3.63, 3.8) is 0 Å². The molecule has 1 aromatic carbocycles. The van der Waals surface area contributed by atoms with Crippen LogP contribution in [0.3, 0.4) is 0 Å². The number of esters is 2. The molecule has 0 radical (unpaired) electrons. The van der Waals surface area contributed by atoms with Crippen LogP contribution in [0.15, 0.2) is 18.2 Å². The molecule has 0 spiro atoms. The van der Waals surface area contributed by atoms with Gasteiger partial charge in [0.2, 0.25) is 0 Å². The van der Waals surface area contributed by atoms with Crippen molar-refractivity contribution >= 4 is 34.0 Å². The Morgan fingerprint density at radius 2 is 1.88 bits per heavy atom. The lowest BCUT2D eigenvalue weighted by Gasteiger charge is -2.10. The first kappa shape index (κ1) is 19.2. The van der Waals surface area contributed by atoms with Crippen molar-refractivity contribution < 1.29 is 28.7 Å². The minimum absolute atomic E-state index is 0.00593. The molecule has 1 aromatic heterocycles. The largest absolute Gasteiger partial charge is 0.482 e. The summed E-state index contributed by atoms with van der Waals surface area (Å²) in [5.41, 5.74) is 6.47. The Labute approximate surface area is 152 Å². The number of ether oxygens (including phenoxy) is 3. The van der Waals surface area contributed by atoms with E-state index in [0.29, 0.717) is 0 Å². The second-order valence-electron chi connectivity index (χ2n) is 5.15. The molecule has 138 valence electrons. The minimum Gasteiger partial charge on any atom is -0.482 e. The zero-order chi connectivity index (χ0) is 19.4. The van der Waals surface area contributed by atoms with E-state index < -0.39 is 16.9 Å². The average Bonchev–Trinajstić information content (AvgIpc) is 2.94. The van der Waals surface area contributed by atoms with Gasteiger partial charge in [-0.1, -0.05) is 6.07 Å². The molecule has 0 unspecified atom stereocenters. The number of nitrogens with two attached hydrogens (primary N) is 1. The lowest BCUT2D eigenvalue weighted by molar-refractivity contribution is -0.386. The van der Waals surface area contributed by atoms with Crippen molar-refractivity contribution in [3.8, 4) is 5.75 Å². The fourth-order valence-electron chi connectivity index (χ4n) is 2.24. The Kier molecular flexibility index (Phi) is 5.78. The summed E-state index contributed by atoms with van der Waals surface area (Å²) in [6.45, 7) is 1.45. The van der Waals surface area contributed by atoms with E-state index in [0.717, 1.165) is 16.9 Å². The molecule has 0 fully saturated rings. The fraction of sp³-hybridized carbons (Fsp3) is 0.250. The van der Waals surface area contributed by atoms with Gasteiger partial charge in [-0.2, -0.15) is 0 Å². The number of aryl methyl sites for hydroxylation is 1. The SMILES string of the molecule is COC(=O)c1sc(N)c(C(=O)OC)c1COc1cc(C)ccc1[N+](=O)[O-]. The summed E-state index contributed by atoms with van der Waals surface area (Å²) in [5.74, 6) is -1.44. The van der Waals surface area contributed by atoms with Crippen LogP contribution in [0.1, 0.15) is 31.2 Å². The molecule has 10 heteroatoms. The normalized spacial score (nSPS) is 10.3. The Balaban J connectivity index is 2.46. The lowest BCUT2D eigenvalue weighted by Crippen LogP contribution is -2.11. The van der Waals surface area contributed by atoms with Crippen LogP contribution in [0.5, 0.6) is 5.75 Å². The van der Waals surface area contributed by atoms with Crippen LogP contribution in [-0.2, 0) is 16.1 Å². The standard InChI is InChI=1S/C16H16N2O7S/c1-8-4-5-10(18(21)22)11(6-8)25-7-9-12(15(19)23-2)14(17)26-13(9)16(20)24-3/h4-6H,7,17H2,1-3H3. The van der Waals surface area contributed by atoms with Crippen molar-refractivity contribution in [2.75, 3.05) is 20.0 Å². The highest BCUT2D eigenvalue weighted by molar-refractivity contribution is 7.18. The number of nitro benzene ring substituents is 1. The molecule has 26 heavy (non-hydrogen) atoms. The Morgan fingerprint density at radius 3 is 2.46 bits per heavy atom. The minimum atomic E-state index is -0.744. The molecule has 1 heterocycles. The number of anilines is 1. The van der Waals surface area contributed by atoms with Gasteiger partial charge in [-0.15, -0.1) is 11.3 Å². The highest BCUT2D eigenvalue weighted by Crippen LogP contribution is 2.35. The molecule has 0 aliphatic rings. The molecule has 2 aromatic rings. The summed E-state index contributed by atoms with van der Waals surface area (Å²) in [4.78, 5) is 34.6. The summed E-state index contributed by atoms with van der Waals surface area (Å²) < 4.78 is 14.9. The monoisotopic (exact) mass is 380 g/mol. The fourth-order valence-corrected chi connectivity index (χ4v) is 3.22. The summed E-state index contributed by atoms with van der Waals surface area (Å²) >= 11 is 0.855. The first-order chi connectivity index (χ1) is 12.3.